The largest absolute Gasteiger partial charge is 0.444 e. The lowest BCUT2D eigenvalue weighted by molar-refractivity contribution is 0.0219. The van der Waals surface area contributed by atoms with Crippen LogP contribution in [0.3, 0.4) is 0 Å². The zero-order valence-corrected chi connectivity index (χ0v) is 16.6. The summed E-state index contributed by atoms with van der Waals surface area (Å²) < 4.78 is 18.5. The van der Waals surface area contributed by atoms with Gasteiger partial charge in [-0.25, -0.2) is 14.8 Å². The van der Waals surface area contributed by atoms with E-state index in [1.807, 2.05) is 45.0 Å². The molecule has 1 saturated heterocycles. The number of carbonyl (C=O) groups is 1. The first-order chi connectivity index (χ1) is 12.2. The Morgan fingerprint density at radius 3 is 2.58 bits per heavy atom. The number of nitrogens with zero attached hydrogens (tertiary/aromatic N) is 3. The summed E-state index contributed by atoms with van der Waals surface area (Å²) in [5, 5.41) is 0.182. The van der Waals surface area contributed by atoms with Gasteiger partial charge in [0.2, 0.25) is 0 Å². The Bertz CT molecular complexity index is 853. The topological polar surface area (TPSA) is 72.4 Å². The van der Waals surface area contributed by atoms with Gasteiger partial charge in [-0.1, -0.05) is 23.7 Å². The molecule has 2 heterocycles. The Kier molecular flexibility index (Phi) is 5.48. The number of hydrogen-bond donors (Lipinski definition) is 0. The summed E-state index contributed by atoms with van der Waals surface area (Å²) in [7, 11) is -1.45. The molecule has 8 heteroatoms. The van der Waals surface area contributed by atoms with E-state index in [2.05, 4.69) is 9.97 Å². The van der Waals surface area contributed by atoms with Crippen LogP contribution in [-0.2, 0) is 15.5 Å². The van der Waals surface area contributed by atoms with Crippen LogP contribution in [0.4, 0.5) is 4.79 Å². The van der Waals surface area contributed by atoms with Crippen LogP contribution in [0, 0.1) is 0 Å². The molecule has 1 fully saturated rings. The van der Waals surface area contributed by atoms with Gasteiger partial charge in [0.25, 0.3) is 0 Å². The molecule has 0 saturated carbocycles. The number of likely N-dealkylation sites (tertiary alicyclic amines) is 1. The monoisotopic (exact) mass is 395 g/mol. The molecule has 0 spiro atoms. The highest BCUT2D eigenvalue weighted by molar-refractivity contribution is 7.85. The number of aromatic nitrogens is 2. The normalized spacial score (nSPS) is 19.4. The maximum Gasteiger partial charge on any atom is 0.410 e. The highest BCUT2D eigenvalue weighted by Crippen LogP contribution is 2.26. The van der Waals surface area contributed by atoms with Crippen molar-refractivity contribution < 1.29 is 13.7 Å². The van der Waals surface area contributed by atoms with Gasteiger partial charge in [0, 0.05) is 13.1 Å². The molecule has 0 bridgehead atoms. The summed E-state index contributed by atoms with van der Waals surface area (Å²) in [6.07, 6.45) is 1.11. The third-order valence-corrected chi connectivity index (χ3v) is 6.05. The lowest BCUT2D eigenvalue weighted by atomic mass is 10.1. The minimum absolute atomic E-state index is 0.149. The first-order valence-corrected chi connectivity index (χ1v) is 10.1. The summed E-state index contributed by atoms with van der Waals surface area (Å²) >= 11 is 6.23. The zero-order chi connectivity index (χ0) is 18.9. The Morgan fingerprint density at radius 2 is 1.92 bits per heavy atom. The van der Waals surface area contributed by atoms with Crippen molar-refractivity contribution in [2.45, 2.75) is 49.5 Å². The van der Waals surface area contributed by atoms with Crippen molar-refractivity contribution in [3.05, 3.63) is 29.4 Å². The van der Waals surface area contributed by atoms with Crippen molar-refractivity contribution in [2.24, 2.45) is 0 Å². The van der Waals surface area contributed by atoms with E-state index >= 15 is 0 Å². The first-order valence-electron chi connectivity index (χ1n) is 8.55. The molecule has 0 N–H and O–H groups in total. The highest BCUT2D eigenvalue weighted by atomic mass is 35.5. The molecule has 6 nitrogen and oxygen atoms in total. The van der Waals surface area contributed by atoms with E-state index in [0.717, 1.165) is 12.8 Å². The van der Waals surface area contributed by atoms with Gasteiger partial charge in [-0.15, -0.1) is 0 Å². The molecule has 0 aliphatic carbocycles. The molecule has 26 heavy (non-hydrogen) atoms. The van der Waals surface area contributed by atoms with E-state index in [1.165, 1.54) is 0 Å². The summed E-state index contributed by atoms with van der Waals surface area (Å²) in [6, 6.07) is 7.32. The summed E-state index contributed by atoms with van der Waals surface area (Å²) in [6.45, 7) is 6.44. The minimum atomic E-state index is -1.45. The summed E-state index contributed by atoms with van der Waals surface area (Å²) in [5.74, 6) is 0. The van der Waals surface area contributed by atoms with Crippen molar-refractivity contribution in [3.63, 3.8) is 0 Å². The molecule has 1 aliphatic heterocycles. The second-order valence-electron chi connectivity index (χ2n) is 7.30. The first kappa shape index (κ1) is 19.0. The zero-order valence-electron chi connectivity index (χ0n) is 15.1. The van der Waals surface area contributed by atoms with Crippen LogP contribution >= 0.6 is 11.6 Å². The molecule has 140 valence electrons. The molecule has 1 aliphatic rings. The predicted molar refractivity (Wildman–Crippen MR) is 102 cm³/mol. The van der Waals surface area contributed by atoms with Crippen LogP contribution in [0.25, 0.3) is 11.0 Å². The third kappa shape index (κ3) is 4.32. The van der Waals surface area contributed by atoms with Gasteiger partial charge in [0.1, 0.15) is 5.60 Å². The van der Waals surface area contributed by atoms with Gasteiger partial charge in [0.05, 0.1) is 27.1 Å². The third-order valence-electron chi connectivity index (χ3n) is 4.02. The molecular formula is C18H22ClN3O3S. The number of fused-ring (bicyclic) bond motifs is 1. The fourth-order valence-corrected chi connectivity index (χ4v) is 4.63. The van der Waals surface area contributed by atoms with Gasteiger partial charge in [-0.2, -0.15) is 0 Å². The molecule has 0 radical (unpaired) electrons. The number of benzene rings is 1. The SMILES string of the molecule is CC(C)(C)OC(=O)N1CCC[C@H]([S@](=O)c2nc3ccccc3nc2Cl)C1. The number of carbonyl (C=O) groups excluding carboxylic acids is 1. The smallest absolute Gasteiger partial charge is 0.410 e. The molecule has 0 unspecified atom stereocenters. The van der Waals surface area contributed by atoms with Crippen molar-refractivity contribution >= 4 is 39.5 Å². The van der Waals surface area contributed by atoms with E-state index < -0.39 is 16.4 Å². The van der Waals surface area contributed by atoms with E-state index in [9.17, 15) is 9.00 Å². The Hall–Kier alpha value is -1.73. The maximum atomic E-state index is 13.1. The highest BCUT2D eigenvalue weighted by Gasteiger charge is 2.32. The van der Waals surface area contributed by atoms with E-state index in [1.54, 1.807) is 4.90 Å². The molecule has 1 amide bonds. The summed E-state index contributed by atoms with van der Waals surface area (Å²) in [4.78, 5) is 22.7. The quantitative estimate of drug-likeness (QED) is 0.773. The lowest BCUT2D eigenvalue weighted by Crippen LogP contribution is -2.46. The van der Waals surface area contributed by atoms with Gasteiger partial charge in [-0.05, 0) is 45.7 Å². The molecule has 1 aromatic carbocycles. The van der Waals surface area contributed by atoms with Crippen LogP contribution in [0.15, 0.2) is 29.3 Å². The van der Waals surface area contributed by atoms with Gasteiger partial charge < -0.3 is 9.64 Å². The van der Waals surface area contributed by atoms with Crippen molar-refractivity contribution in [1.29, 1.82) is 0 Å². The van der Waals surface area contributed by atoms with Gasteiger partial charge >= 0.3 is 6.09 Å². The van der Waals surface area contributed by atoms with Crippen LogP contribution < -0.4 is 0 Å². The van der Waals surface area contributed by atoms with Crippen LogP contribution in [0.1, 0.15) is 33.6 Å². The van der Waals surface area contributed by atoms with Gasteiger partial charge in [-0.3, -0.25) is 4.21 Å². The Labute approximate surface area is 160 Å². The predicted octanol–water partition coefficient (Wildman–Crippen LogP) is 3.79. The second kappa shape index (κ2) is 7.48. The number of amides is 1. The van der Waals surface area contributed by atoms with Crippen LogP contribution in [-0.4, -0.2) is 49.1 Å². The number of halogens is 1. The summed E-state index contributed by atoms with van der Waals surface area (Å²) in [5.41, 5.74) is 0.758. The molecule has 1 aromatic heterocycles. The molecule has 2 aromatic rings. The van der Waals surface area contributed by atoms with Gasteiger partial charge in [0.15, 0.2) is 10.2 Å². The molecular weight excluding hydrogens is 374 g/mol. The number of hydrogen-bond acceptors (Lipinski definition) is 5. The average Bonchev–Trinajstić information content (AvgIpc) is 2.59. The van der Waals surface area contributed by atoms with Crippen LogP contribution in [0.2, 0.25) is 5.15 Å². The van der Waals surface area contributed by atoms with E-state index in [-0.39, 0.29) is 21.5 Å². The number of piperidine rings is 1. The van der Waals surface area contributed by atoms with Crippen LogP contribution in [0.5, 0.6) is 0 Å². The maximum absolute atomic E-state index is 13.1. The average molecular weight is 396 g/mol. The molecule has 3 rings (SSSR count). The second-order valence-corrected chi connectivity index (χ2v) is 9.30. The van der Waals surface area contributed by atoms with E-state index in [4.69, 9.17) is 16.3 Å². The number of para-hydroxylation sites is 2. The number of rotatable bonds is 2. The lowest BCUT2D eigenvalue weighted by Gasteiger charge is -2.33. The standard InChI is InChI=1S/C18H22ClN3O3S/c1-18(2,3)25-17(23)22-10-6-7-12(11-22)26(24)16-15(19)20-13-8-4-5-9-14(13)21-16/h4-5,8-9,12H,6-7,10-11H2,1-3H3/t12-,26-/m0/s1. The van der Waals surface area contributed by atoms with Crippen molar-refractivity contribution in [1.82, 2.24) is 14.9 Å². The van der Waals surface area contributed by atoms with Crippen molar-refractivity contribution in [3.8, 4) is 0 Å². The fourth-order valence-electron chi connectivity index (χ4n) is 2.85. The Balaban J connectivity index is 1.79. The number of ether oxygens (including phenoxy) is 1. The van der Waals surface area contributed by atoms with E-state index in [0.29, 0.717) is 24.1 Å². The Morgan fingerprint density at radius 1 is 1.27 bits per heavy atom. The minimum Gasteiger partial charge on any atom is -0.444 e. The van der Waals surface area contributed by atoms with Crippen molar-refractivity contribution in [2.75, 3.05) is 13.1 Å². The fraction of sp³-hybridized carbons (Fsp3) is 0.500. The molecule has 2 atom stereocenters.